The number of aliphatic hydroxyl groups excluding tert-OH is 1. The lowest BCUT2D eigenvalue weighted by atomic mass is 10.1. The van der Waals surface area contributed by atoms with Crippen LogP contribution in [0, 0.1) is 3.57 Å². The van der Waals surface area contributed by atoms with E-state index in [1.165, 1.54) is 0 Å². The lowest BCUT2D eigenvalue weighted by molar-refractivity contribution is 0.177. The predicted octanol–water partition coefficient (Wildman–Crippen LogP) is 1.25. The predicted molar refractivity (Wildman–Crippen MR) is 59.7 cm³/mol. The molecule has 0 aliphatic rings. The Bertz CT molecular complexity index is 291. The van der Waals surface area contributed by atoms with Crippen LogP contribution in [0.3, 0.4) is 0 Å². The van der Waals surface area contributed by atoms with Crippen molar-refractivity contribution in [3.05, 3.63) is 27.3 Å². The van der Waals surface area contributed by atoms with Gasteiger partial charge in [-0.1, -0.05) is 6.07 Å². The molecule has 1 aromatic carbocycles. The molecule has 0 bridgehead atoms. The van der Waals surface area contributed by atoms with E-state index in [2.05, 4.69) is 5.32 Å². The largest absolute Gasteiger partial charge is 0.507 e. The quantitative estimate of drug-likeness (QED) is 0.735. The standard InChI is InChI=1S/C9H12INO2/c1-11-5-9(13)6-2-3-8(12)7(10)4-6/h2-4,9,11-13H,5H2,1H3. The summed E-state index contributed by atoms with van der Waals surface area (Å²) in [5.41, 5.74) is 0.816. The van der Waals surface area contributed by atoms with Crippen molar-refractivity contribution in [3.8, 4) is 5.75 Å². The molecule has 1 aromatic rings. The second kappa shape index (κ2) is 4.78. The summed E-state index contributed by atoms with van der Waals surface area (Å²) in [5, 5.41) is 21.7. The number of halogens is 1. The van der Waals surface area contributed by atoms with Crippen molar-refractivity contribution < 1.29 is 10.2 Å². The van der Waals surface area contributed by atoms with Crippen molar-refractivity contribution in [2.24, 2.45) is 0 Å². The van der Waals surface area contributed by atoms with Gasteiger partial charge >= 0.3 is 0 Å². The first-order chi connectivity index (χ1) is 6.15. The van der Waals surface area contributed by atoms with Gasteiger partial charge in [0, 0.05) is 6.54 Å². The first-order valence-electron chi connectivity index (χ1n) is 3.96. The third-order valence-corrected chi connectivity index (χ3v) is 2.62. The van der Waals surface area contributed by atoms with Crippen LogP contribution < -0.4 is 5.32 Å². The highest BCUT2D eigenvalue weighted by molar-refractivity contribution is 14.1. The Kier molecular flexibility index (Phi) is 3.95. The average molecular weight is 293 g/mol. The Morgan fingerprint density at radius 3 is 2.77 bits per heavy atom. The van der Waals surface area contributed by atoms with Crippen molar-refractivity contribution >= 4 is 22.6 Å². The first-order valence-corrected chi connectivity index (χ1v) is 5.04. The van der Waals surface area contributed by atoms with Crippen LogP contribution in [-0.2, 0) is 0 Å². The molecule has 72 valence electrons. The van der Waals surface area contributed by atoms with Crippen molar-refractivity contribution in [1.29, 1.82) is 0 Å². The first kappa shape index (κ1) is 10.7. The number of aliphatic hydroxyl groups is 1. The van der Waals surface area contributed by atoms with Crippen LogP contribution in [0.1, 0.15) is 11.7 Å². The molecule has 0 fully saturated rings. The molecule has 3 nitrogen and oxygen atoms in total. The molecule has 1 rings (SSSR count). The van der Waals surface area contributed by atoms with Gasteiger partial charge in [0.05, 0.1) is 9.67 Å². The zero-order chi connectivity index (χ0) is 9.84. The van der Waals surface area contributed by atoms with E-state index >= 15 is 0 Å². The molecule has 0 aliphatic heterocycles. The summed E-state index contributed by atoms with van der Waals surface area (Å²) in [6.45, 7) is 0.515. The Morgan fingerprint density at radius 2 is 2.23 bits per heavy atom. The van der Waals surface area contributed by atoms with E-state index in [1.807, 2.05) is 22.6 Å². The molecule has 0 aromatic heterocycles. The molecule has 0 radical (unpaired) electrons. The average Bonchev–Trinajstić information content (AvgIpc) is 2.10. The highest BCUT2D eigenvalue weighted by Crippen LogP contribution is 2.23. The monoisotopic (exact) mass is 293 g/mol. The number of phenolic OH excluding ortho intramolecular Hbond substituents is 1. The molecule has 1 unspecified atom stereocenters. The fourth-order valence-electron chi connectivity index (χ4n) is 1.04. The molecule has 4 heteroatoms. The van der Waals surface area contributed by atoms with Crippen molar-refractivity contribution in [2.45, 2.75) is 6.10 Å². The number of hydrogen-bond donors (Lipinski definition) is 3. The van der Waals surface area contributed by atoms with Crippen LogP contribution in [0.15, 0.2) is 18.2 Å². The van der Waals surface area contributed by atoms with E-state index in [0.717, 1.165) is 9.13 Å². The van der Waals surface area contributed by atoms with Crippen molar-refractivity contribution in [3.63, 3.8) is 0 Å². The fraction of sp³-hybridized carbons (Fsp3) is 0.333. The van der Waals surface area contributed by atoms with Gasteiger partial charge in [0.1, 0.15) is 5.75 Å². The minimum absolute atomic E-state index is 0.251. The van der Waals surface area contributed by atoms with Crippen LogP contribution in [-0.4, -0.2) is 23.8 Å². The van der Waals surface area contributed by atoms with E-state index in [-0.39, 0.29) is 5.75 Å². The van der Waals surface area contributed by atoms with E-state index in [4.69, 9.17) is 0 Å². The molecular formula is C9H12INO2. The second-order valence-corrected chi connectivity index (χ2v) is 3.95. The topological polar surface area (TPSA) is 52.5 Å². The Morgan fingerprint density at radius 1 is 1.54 bits per heavy atom. The van der Waals surface area contributed by atoms with Gasteiger partial charge in [0.15, 0.2) is 0 Å². The number of hydrogen-bond acceptors (Lipinski definition) is 3. The minimum atomic E-state index is -0.515. The summed E-state index contributed by atoms with van der Waals surface area (Å²) in [6.07, 6.45) is -0.515. The maximum Gasteiger partial charge on any atom is 0.128 e. The summed E-state index contributed by atoms with van der Waals surface area (Å²) in [4.78, 5) is 0. The number of nitrogens with one attached hydrogen (secondary N) is 1. The Labute approximate surface area is 90.9 Å². The van der Waals surface area contributed by atoms with Gasteiger partial charge in [-0.05, 0) is 47.3 Å². The van der Waals surface area contributed by atoms with E-state index in [0.29, 0.717) is 6.54 Å². The molecule has 0 heterocycles. The third kappa shape index (κ3) is 2.82. The van der Waals surface area contributed by atoms with Gasteiger partial charge in [-0.3, -0.25) is 0 Å². The van der Waals surface area contributed by atoms with Gasteiger partial charge in [-0.2, -0.15) is 0 Å². The molecule has 3 N–H and O–H groups in total. The molecule has 0 spiro atoms. The molecule has 13 heavy (non-hydrogen) atoms. The van der Waals surface area contributed by atoms with Crippen LogP contribution in [0.2, 0.25) is 0 Å². The molecular weight excluding hydrogens is 281 g/mol. The Hall–Kier alpha value is -0.330. The number of likely N-dealkylation sites (N-methyl/N-ethyl adjacent to an activating group) is 1. The van der Waals surface area contributed by atoms with Crippen LogP contribution >= 0.6 is 22.6 Å². The highest BCUT2D eigenvalue weighted by atomic mass is 127. The van der Waals surface area contributed by atoms with Crippen LogP contribution in [0.25, 0.3) is 0 Å². The molecule has 0 saturated heterocycles. The molecule has 0 aliphatic carbocycles. The summed E-state index contributed by atoms with van der Waals surface area (Å²) in [6, 6.07) is 5.09. The molecule has 0 amide bonds. The normalized spacial score (nSPS) is 12.8. The maximum absolute atomic E-state index is 9.59. The lowest BCUT2D eigenvalue weighted by Gasteiger charge is -2.10. The molecule has 1 atom stereocenters. The smallest absolute Gasteiger partial charge is 0.128 e. The van der Waals surface area contributed by atoms with Gasteiger partial charge in [-0.25, -0.2) is 0 Å². The van der Waals surface area contributed by atoms with E-state index < -0.39 is 6.10 Å². The van der Waals surface area contributed by atoms with Crippen molar-refractivity contribution in [1.82, 2.24) is 5.32 Å². The van der Waals surface area contributed by atoms with E-state index in [1.54, 1.807) is 25.2 Å². The number of aromatic hydroxyl groups is 1. The van der Waals surface area contributed by atoms with Gasteiger partial charge < -0.3 is 15.5 Å². The lowest BCUT2D eigenvalue weighted by Crippen LogP contribution is -2.16. The number of benzene rings is 1. The minimum Gasteiger partial charge on any atom is -0.507 e. The summed E-state index contributed by atoms with van der Waals surface area (Å²) < 4.78 is 0.755. The van der Waals surface area contributed by atoms with Gasteiger partial charge in [0.25, 0.3) is 0 Å². The maximum atomic E-state index is 9.59. The third-order valence-electron chi connectivity index (χ3n) is 1.75. The van der Waals surface area contributed by atoms with E-state index in [9.17, 15) is 10.2 Å². The SMILES string of the molecule is CNCC(O)c1ccc(O)c(I)c1. The Balaban J connectivity index is 2.84. The molecule has 0 saturated carbocycles. The zero-order valence-electron chi connectivity index (χ0n) is 7.29. The van der Waals surface area contributed by atoms with Gasteiger partial charge in [0.2, 0.25) is 0 Å². The summed E-state index contributed by atoms with van der Waals surface area (Å²) in [5.74, 6) is 0.251. The summed E-state index contributed by atoms with van der Waals surface area (Å²) >= 11 is 2.03. The van der Waals surface area contributed by atoms with Crippen molar-refractivity contribution in [2.75, 3.05) is 13.6 Å². The van der Waals surface area contributed by atoms with Crippen LogP contribution in [0.5, 0.6) is 5.75 Å². The number of phenols is 1. The second-order valence-electron chi connectivity index (χ2n) is 2.78. The highest BCUT2D eigenvalue weighted by Gasteiger charge is 2.07. The zero-order valence-corrected chi connectivity index (χ0v) is 9.45. The summed E-state index contributed by atoms with van der Waals surface area (Å²) in [7, 11) is 1.79. The van der Waals surface area contributed by atoms with Crippen LogP contribution in [0.4, 0.5) is 0 Å². The number of rotatable bonds is 3. The fourth-order valence-corrected chi connectivity index (χ4v) is 1.58. The van der Waals surface area contributed by atoms with Gasteiger partial charge in [-0.15, -0.1) is 0 Å².